The minimum Gasteiger partial charge on any atom is -0.330 e. The predicted molar refractivity (Wildman–Crippen MR) is 69.3 cm³/mol. The molecule has 0 saturated carbocycles. The van der Waals surface area contributed by atoms with E-state index >= 15 is 0 Å². The summed E-state index contributed by atoms with van der Waals surface area (Å²) >= 11 is 1.32. The molecule has 0 fully saturated rings. The third kappa shape index (κ3) is 7.25. The fourth-order valence-corrected chi connectivity index (χ4v) is 1.82. The lowest BCUT2D eigenvalue weighted by Crippen LogP contribution is -2.30. The zero-order valence-electron chi connectivity index (χ0n) is 10.0. The molecule has 0 aliphatic rings. The second-order valence-corrected chi connectivity index (χ2v) is 4.82. The van der Waals surface area contributed by atoms with E-state index in [1.807, 2.05) is 18.7 Å². The van der Waals surface area contributed by atoms with Gasteiger partial charge in [-0.25, -0.2) is 0 Å². The molecule has 1 amide bonds. The number of nitrogens with zero attached hydrogens (tertiary/aromatic N) is 1. The van der Waals surface area contributed by atoms with Crippen molar-refractivity contribution in [2.45, 2.75) is 27.2 Å². The summed E-state index contributed by atoms with van der Waals surface area (Å²) in [7, 11) is 0. The van der Waals surface area contributed by atoms with Gasteiger partial charge in [-0.2, -0.15) is 0 Å². The van der Waals surface area contributed by atoms with Gasteiger partial charge in [0.15, 0.2) is 0 Å². The number of hydrogen-bond acceptors (Lipinski definition) is 2. The Labute approximate surface area is 97.4 Å². The highest BCUT2D eigenvalue weighted by Gasteiger charge is 2.12. The van der Waals surface area contributed by atoms with Gasteiger partial charge in [-0.3, -0.25) is 4.79 Å². The second-order valence-electron chi connectivity index (χ2n) is 3.89. The van der Waals surface area contributed by atoms with Gasteiger partial charge in [-0.05, 0) is 20.3 Å². The van der Waals surface area contributed by atoms with Gasteiger partial charge in [0.2, 0.25) is 0 Å². The second kappa shape index (κ2) is 7.57. The van der Waals surface area contributed by atoms with Crippen LogP contribution in [0.2, 0.25) is 0 Å². The van der Waals surface area contributed by atoms with Crippen molar-refractivity contribution in [3.8, 4) is 0 Å². The summed E-state index contributed by atoms with van der Waals surface area (Å²) in [5.41, 5.74) is 2.05. The molecule has 0 N–H and O–H groups in total. The van der Waals surface area contributed by atoms with Gasteiger partial charge >= 0.3 is 0 Å². The zero-order chi connectivity index (χ0) is 11.8. The van der Waals surface area contributed by atoms with Crippen LogP contribution in [0, 0.1) is 0 Å². The van der Waals surface area contributed by atoms with Crippen LogP contribution >= 0.6 is 11.8 Å². The maximum atomic E-state index is 11.8. The molecule has 0 aromatic carbocycles. The fraction of sp³-hybridized carbons (Fsp3) is 0.583. The van der Waals surface area contributed by atoms with Crippen molar-refractivity contribution < 1.29 is 4.79 Å². The molecule has 0 radical (unpaired) electrons. The van der Waals surface area contributed by atoms with E-state index in [1.165, 1.54) is 11.8 Å². The van der Waals surface area contributed by atoms with Gasteiger partial charge in [0, 0.05) is 18.8 Å². The molecule has 0 aliphatic carbocycles. The van der Waals surface area contributed by atoms with E-state index < -0.39 is 0 Å². The van der Waals surface area contributed by atoms with Crippen molar-refractivity contribution in [2.75, 3.05) is 18.8 Å². The maximum absolute atomic E-state index is 11.8. The van der Waals surface area contributed by atoms with Crippen molar-refractivity contribution in [1.29, 1.82) is 0 Å². The molecular formula is C12H21NOS. The Morgan fingerprint density at radius 2 is 1.87 bits per heavy atom. The van der Waals surface area contributed by atoms with Gasteiger partial charge in [0.1, 0.15) is 0 Å². The highest BCUT2D eigenvalue weighted by Crippen LogP contribution is 2.13. The van der Waals surface area contributed by atoms with Crippen LogP contribution in [-0.2, 0) is 0 Å². The SMILES string of the molecule is C=C(C)CSC(=O)N(CCC)CC(=C)C. The van der Waals surface area contributed by atoms with E-state index in [4.69, 9.17) is 0 Å². The number of amides is 1. The normalized spacial score (nSPS) is 9.80. The summed E-state index contributed by atoms with van der Waals surface area (Å²) in [6.45, 7) is 15.0. The van der Waals surface area contributed by atoms with Crippen LogP contribution in [0.1, 0.15) is 27.2 Å². The standard InChI is InChI=1S/C12H21NOS/c1-6-7-13(8-10(2)3)12(14)15-9-11(4)5/h2,4,6-9H2,1,3,5H3. The van der Waals surface area contributed by atoms with E-state index in [2.05, 4.69) is 20.1 Å². The summed E-state index contributed by atoms with van der Waals surface area (Å²) in [6.07, 6.45) is 0.979. The van der Waals surface area contributed by atoms with Crippen LogP contribution in [0.25, 0.3) is 0 Å². The van der Waals surface area contributed by atoms with Gasteiger partial charge in [-0.15, -0.1) is 0 Å². The quantitative estimate of drug-likeness (QED) is 0.645. The summed E-state index contributed by atoms with van der Waals surface area (Å²) < 4.78 is 0. The topological polar surface area (TPSA) is 20.3 Å². The third-order valence-corrected chi connectivity index (χ3v) is 2.80. The van der Waals surface area contributed by atoms with Crippen LogP contribution in [-0.4, -0.2) is 29.0 Å². The van der Waals surface area contributed by atoms with E-state index in [1.54, 1.807) is 0 Å². The molecule has 15 heavy (non-hydrogen) atoms. The molecule has 0 aliphatic heterocycles. The molecule has 3 heteroatoms. The monoisotopic (exact) mass is 227 g/mol. The summed E-state index contributed by atoms with van der Waals surface area (Å²) in [4.78, 5) is 13.6. The van der Waals surface area contributed by atoms with Crippen molar-refractivity contribution >= 4 is 17.0 Å². The zero-order valence-corrected chi connectivity index (χ0v) is 10.8. The Hall–Kier alpha value is -0.700. The molecule has 0 bridgehead atoms. The summed E-state index contributed by atoms with van der Waals surface area (Å²) in [5, 5.41) is 0.128. The Morgan fingerprint density at radius 1 is 1.27 bits per heavy atom. The lowest BCUT2D eigenvalue weighted by molar-refractivity contribution is 0.227. The largest absolute Gasteiger partial charge is 0.330 e. The van der Waals surface area contributed by atoms with Gasteiger partial charge < -0.3 is 4.90 Å². The van der Waals surface area contributed by atoms with E-state index in [0.29, 0.717) is 12.3 Å². The first-order valence-electron chi connectivity index (χ1n) is 5.17. The molecular weight excluding hydrogens is 206 g/mol. The van der Waals surface area contributed by atoms with Crippen LogP contribution < -0.4 is 0 Å². The average molecular weight is 227 g/mol. The van der Waals surface area contributed by atoms with E-state index in [-0.39, 0.29) is 5.24 Å². The first-order valence-corrected chi connectivity index (χ1v) is 6.16. The molecule has 0 heterocycles. The Kier molecular flexibility index (Phi) is 7.22. The molecule has 0 saturated heterocycles. The number of thioether (sulfide) groups is 1. The molecule has 0 rings (SSSR count). The van der Waals surface area contributed by atoms with Crippen molar-refractivity contribution in [1.82, 2.24) is 4.90 Å². The highest BCUT2D eigenvalue weighted by molar-refractivity contribution is 8.13. The fourth-order valence-electron chi connectivity index (χ4n) is 1.11. The minimum atomic E-state index is 0.128. The summed E-state index contributed by atoms with van der Waals surface area (Å²) in [5.74, 6) is 0.704. The first kappa shape index (κ1) is 14.3. The van der Waals surface area contributed by atoms with Gasteiger partial charge in [0.05, 0.1) is 0 Å². The molecule has 0 spiro atoms. The summed E-state index contributed by atoms with van der Waals surface area (Å²) in [6, 6.07) is 0. The van der Waals surface area contributed by atoms with Crippen LogP contribution in [0.5, 0.6) is 0 Å². The smallest absolute Gasteiger partial charge is 0.282 e. The molecule has 0 atom stereocenters. The van der Waals surface area contributed by atoms with Gasteiger partial charge in [-0.1, -0.05) is 43.0 Å². The van der Waals surface area contributed by atoms with Crippen molar-refractivity contribution in [3.63, 3.8) is 0 Å². The molecule has 2 nitrogen and oxygen atoms in total. The first-order chi connectivity index (χ1) is 6.97. The van der Waals surface area contributed by atoms with Crippen molar-refractivity contribution in [3.05, 3.63) is 24.3 Å². The number of carbonyl (C=O) groups excluding carboxylic acids is 1. The van der Waals surface area contributed by atoms with Gasteiger partial charge in [0.25, 0.3) is 5.24 Å². The van der Waals surface area contributed by atoms with E-state index in [0.717, 1.165) is 24.1 Å². The molecule has 0 unspecified atom stereocenters. The minimum absolute atomic E-state index is 0.128. The maximum Gasteiger partial charge on any atom is 0.282 e. The Balaban J connectivity index is 4.15. The van der Waals surface area contributed by atoms with Crippen molar-refractivity contribution in [2.24, 2.45) is 0 Å². The Morgan fingerprint density at radius 3 is 2.27 bits per heavy atom. The number of rotatable bonds is 6. The average Bonchev–Trinajstić information content (AvgIpc) is 2.12. The number of carbonyl (C=O) groups is 1. The number of hydrogen-bond donors (Lipinski definition) is 0. The van der Waals surface area contributed by atoms with E-state index in [9.17, 15) is 4.79 Å². The highest BCUT2D eigenvalue weighted by atomic mass is 32.2. The molecule has 0 aromatic rings. The van der Waals surface area contributed by atoms with Crippen LogP contribution in [0.3, 0.4) is 0 Å². The Bertz CT molecular complexity index is 248. The van der Waals surface area contributed by atoms with Crippen LogP contribution in [0.15, 0.2) is 24.3 Å². The molecule has 0 aromatic heterocycles. The predicted octanol–water partition coefficient (Wildman–Crippen LogP) is 3.70. The lowest BCUT2D eigenvalue weighted by atomic mass is 10.3. The lowest BCUT2D eigenvalue weighted by Gasteiger charge is -2.21. The third-order valence-electron chi connectivity index (χ3n) is 1.65. The van der Waals surface area contributed by atoms with Crippen LogP contribution in [0.4, 0.5) is 4.79 Å². The molecule has 86 valence electrons.